The van der Waals surface area contributed by atoms with Gasteiger partial charge in [0.05, 0.1) is 18.7 Å². The van der Waals surface area contributed by atoms with Crippen molar-refractivity contribution in [2.45, 2.75) is 6.10 Å². The molecule has 0 spiro atoms. The van der Waals surface area contributed by atoms with Crippen LogP contribution in [0.2, 0.25) is 5.02 Å². The Hall–Kier alpha value is -2.40. The van der Waals surface area contributed by atoms with Gasteiger partial charge in [0.15, 0.2) is 11.5 Å². The molecule has 0 aliphatic carbocycles. The minimum atomic E-state index is -0.234. The Morgan fingerprint density at radius 3 is 2.83 bits per heavy atom. The van der Waals surface area contributed by atoms with E-state index in [-0.39, 0.29) is 12.0 Å². The molecule has 6 heteroatoms. The number of benzene rings is 2. The van der Waals surface area contributed by atoms with Gasteiger partial charge in [0.1, 0.15) is 18.5 Å². The molecule has 1 N–H and O–H groups in total. The Labute approximate surface area is 139 Å². The zero-order chi connectivity index (χ0) is 16.2. The SMILES string of the molecule is COc1ccc(C(=O)NC[C@H]2COc3ccccc3O2)cc1Cl. The van der Waals surface area contributed by atoms with E-state index < -0.39 is 0 Å². The minimum Gasteiger partial charge on any atom is -0.495 e. The molecule has 5 nitrogen and oxygen atoms in total. The van der Waals surface area contributed by atoms with E-state index in [9.17, 15) is 4.79 Å². The average Bonchev–Trinajstić information content (AvgIpc) is 2.59. The van der Waals surface area contributed by atoms with Crippen molar-refractivity contribution in [1.29, 1.82) is 0 Å². The van der Waals surface area contributed by atoms with Crippen LogP contribution >= 0.6 is 11.6 Å². The molecule has 1 atom stereocenters. The van der Waals surface area contributed by atoms with Gasteiger partial charge in [-0.3, -0.25) is 4.79 Å². The molecule has 1 aliphatic heterocycles. The molecular weight excluding hydrogens is 318 g/mol. The molecule has 1 heterocycles. The summed E-state index contributed by atoms with van der Waals surface area (Å²) in [5.41, 5.74) is 0.466. The summed E-state index contributed by atoms with van der Waals surface area (Å²) in [5.74, 6) is 1.71. The molecule has 2 aromatic carbocycles. The molecule has 3 rings (SSSR count). The lowest BCUT2D eigenvalue weighted by Crippen LogP contribution is -2.40. The van der Waals surface area contributed by atoms with Gasteiger partial charge >= 0.3 is 0 Å². The van der Waals surface area contributed by atoms with E-state index in [4.69, 9.17) is 25.8 Å². The first-order valence-corrected chi connectivity index (χ1v) is 7.55. The van der Waals surface area contributed by atoms with Crippen LogP contribution in [-0.4, -0.2) is 32.3 Å². The number of ether oxygens (including phenoxy) is 3. The maximum absolute atomic E-state index is 12.2. The molecule has 0 unspecified atom stereocenters. The first-order chi connectivity index (χ1) is 11.2. The summed E-state index contributed by atoms with van der Waals surface area (Å²) in [6.07, 6.45) is -0.234. The van der Waals surface area contributed by atoms with Crippen molar-refractivity contribution in [3.05, 3.63) is 53.1 Å². The number of methoxy groups -OCH3 is 1. The van der Waals surface area contributed by atoms with Gasteiger partial charge in [0.2, 0.25) is 0 Å². The number of rotatable bonds is 4. The van der Waals surface area contributed by atoms with Crippen LogP contribution in [0.3, 0.4) is 0 Å². The number of carbonyl (C=O) groups is 1. The predicted octanol–water partition coefficient (Wildman–Crippen LogP) is 2.92. The number of hydrogen-bond acceptors (Lipinski definition) is 4. The number of halogens is 1. The van der Waals surface area contributed by atoms with E-state index in [1.54, 1.807) is 18.2 Å². The fourth-order valence-electron chi connectivity index (χ4n) is 2.28. The van der Waals surface area contributed by atoms with Crippen LogP contribution in [0.1, 0.15) is 10.4 Å². The number of amides is 1. The van der Waals surface area contributed by atoms with Gasteiger partial charge in [-0.15, -0.1) is 0 Å². The first-order valence-electron chi connectivity index (χ1n) is 7.17. The normalized spacial score (nSPS) is 15.8. The van der Waals surface area contributed by atoms with Crippen LogP contribution in [0.25, 0.3) is 0 Å². The van der Waals surface area contributed by atoms with Crippen molar-refractivity contribution < 1.29 is 19.0 Å². The molecule has 0 saturated heterocycles. The second kappa shape index (κ2) is 6.79. The molecule has 0 bridgehead atoms. The van der Waals surface area contributed by atoms with Crippen molar-refractivity contribution in [2.75, 3.05) is 20.3 Å². The molecule has 0 aromatic heterocycles. The number of fused-ring (bicyclic) bond motifs is 1. The van der Waals surface area contributed by atoms with E-state index in [2.05, 4.69) is 5.32 Å². The van der Waals surface area contributed by atoms with Crippen LogP contribution in [0.4, 0.5) is 0 Å². The predicted molar refractivity (Wildman–Crippen MR) is 86.7 cm³/mol. The van der Waals surface area contributed by atoms with Gasteiger partial charge in [-0.1, -0.05) is 23.7 Å². The summed E-state index contributed by atoms with van der Waals surface area (Å²) >= 11 is 6.03. The van der Waals surface area contributed by atoms with Crippen LogP contribution in [-0.2, 0) is 0 Å². The lowest BCUT2D eigenvalue weighted by molar-refractivity contribution is 0.0789. The Bertz CT molecular complexity index is 719. The summed E-state index contributed by atoms with van der Waals surface area (Å²) < 4.78 is 16.5. The Kier molecular flexibility index (Phi) is 4.57. The third kappa shape index (κ3) is 3.51. The van der Waals surface area contributed by atoms with Crippen molar-refractivity contribution in [3.63, 3.8) is 0 Å². The van der Waals surface area contributed by atoms with Crippen molar-refractivity contribution in [3.8, 4) is 17.2 Å². The summed E-state index contributed by atoms with van der Waals surface area (Å²) in [7, 11) is 1.53. The molecule has 1 aliphatic rings. The highest BCUT2D eigenvalue weighted by molar-refractivity contribution is 6.32. The van der Waals surface area contributed by atoms with E-state index in [1.807, 2.05) is 24.3 Å². The van der Waals surface area contributed by atoms with Gasteiger partial charge in [-0.2, -0.15) is 0 Å². The highest BCUT2D eigenvalue weighted by atomic mass is 35.5. The largest absolute Gasteiger partial charge is 0.495 e. The summed E-state index contributed by atoms with van der Waals surface area (Å²) in [5, 5.41) is 3.22. The van der Waals surface area contributed by atoms with Gasteiger partial charge in [0, 0.05) is 5.56 Å². The van der Waals surface area contributed by atoms with Crippen molar-refractivity contribution in [2.24, 2.45) is 0 Å². The topological polar surface area (TPSA) is 56.8 Å². The van der Waals surface area contributed by atoms with E-state index in [1.165, 1.54) is 7.11 Å². The third-order valence-electron chi connectivity index (χ3n) is 3.47. The second-order valence-electron chi connectivity index (χ2n) is 5.06. The number of carbonyl (C=O) groups excluding carboxylic acids is 1. The molecule has 120 valence electrons. The zero-order valence-corrected chi connectivity index (χ0v) is 13.3. The van der Waals surface area contributed by atoms with Crippen LogP contribution in [0.15, 0.2) is 42.5 Å². The number of para-hydroxylation sites is 2. The summed E-state index contributed by atoms with van der Waals surface area (Å²) in [6.45, 7) is 0.734. The smallest absolute Gasteiger partial charge is 0.251 e. The standard InChI is InChI=1S/C17H16ClNO4/c1-21-14-7-6-11(8-13(14)18)17(20)19-9-12-10-22-15-4-2-3-5-16(15)23-12/h2-8,12H,9-10H2,1H3,(H,19,20)/t12-/m0/s1. The average molecular weight is 334 g/mol. The molecule has 2 aromatic rings. The molecule has 0 saturated carbocycles. The zero-order valence-electron chi connectivity index (χ0n) is 12.5. The van der Waals surface area contributed by atoms with Crippen LogP contribution < -0.4 is 19.5 Å². The molecule has 1 amide bonds. The van der Waals surface area contributed by atoms with Gasteiger partial charge in [-0.25, -0.2) is 0 Å². The van der Waals surface area contributed by atoms with Crippen LogP contribution in [0, 0.1) is 0 Å². The Morgan fingerprint density at radius 2 is 2.09 bits per heavy atom. The molecule has 23 heavy (non-hydrogen) atoms. The molecule has 0 fully saturated rings. The Balaban J connectivity index is 1.58. The maximum Gasteiger partial charge on any atom is 0.251 e. The maximum atomic E-state index is 12.2. The van der Waals surface area contributed by atoms with E-state index >= 15 is 0 Å². The molecule has 0 radical (unpaired) electrons. The van der Waals surface area contributed by atoms with Crippen molar-refractivity contribution in [1.82, 2.24) is 5.32 Å². The van der Waals surface area contributed by atoms with Crippen molar-refractivity contribution >= 4 is 17.5 Å². The number of hydrogen-bond donors (Lipinski definition) is 1. The summed E-state index contributed by atoms with van der Waals surface area (Å²) in [6, 6.07) is 12.3. The Morgan fingerprint density at radius 1 is 1.30 bits per heavy atom. The fraction of sp³-hybridized carbons (Fsp3) is 0.235. The van der Waals surface area contributed by atoms with Gasteiger partial charge in [0.25, 0.3) is 5.91 Å². The highest BCUT2D eigenvalue weighted by Crippen LogP contribution is 2.30. The fourth-order valence-corrected chi connectivity index (χ4v) is 2.54. The van der Waals surface area contributed by atoms with E-state index in [0.29, 0.717) is 35.2 Å². The lowest BCUT2D eigenvalue weighted by atomic mass is 10.2. The van der Waals surface area contributed by atoms with Crippen LogP contribution in [0.5, 0.6) is 17.2 Å². The first kappa shape index (κ1) is 15.5. The second-order valence-corrected chi connectivity index (χ2v) is 5.46. The van der Waals surface area contributed by atoms with Gasteiger partial charge < -0.3 is 19.5 Å². The molecular formula is C17H16ClNO4. The highest BCUT2D eigenvalue weighted by Gasteiger charge is 2.21. The monoisotopic (exact) mass is 333 g/mol. The van der Waals surface area contributed by atoms with Gasteiger partial charge in [-0.05, 0) is 30.3 Å². The third-order valence-corrected chi connectivity index (χ3v) is 3.77. The minimum absolute atomic E-state index is 0.225. The lowest BCUT2D eigenvalue weighted by Gasteiger charge is -2.26. The summed E-state index contributed by atoms with van der Waals surface area (Å²) in [4.78, 5) is 12.2. The number of nitrogens with one attached hydrogen (secondary N) is 1. The quantitative estimate of drug-likeness (QED) is 0.934. The van der Waals surface area contributed by atoms with E-state index in [0.717, 1.165) is 5.75 Å².